The number of nitrogens with two attached hydrogens (primary N) is 2. The van der Waals surface area contributed by atoms with E-state index in [-0.39, 0.29) is 6.42 Å². The van der Waals surface area contributed by atoms with Crippen molar-refractivity contribution < 1.29 is 19.8 Å². The quantitative estimate of drug-likeness (QED) is 0.558. The summed E-state index contributed by atoms with van der Waals surface area (Å²) in [5, 5.41) is 20.6. The van der Waals surface area contributed by atoms with Gasteiger partial charge in [-0.2, -0.15) is 0 Å². The Balaban J connectivity index is 2.21. The minimum absolute atomic E-state index is 0.210. The molecule has 1 aliphatic carbocycles. The van der Waals surface area contributed by atoms with Gasteiger partial charge in [-0.05, 0) is 28.7 Å². The van der Waals surface area contributed by atoms with Crippen molar-refractivity contribution >= 4 is 11.9 Å². The lowest BCUT2D eigenvalue weighted by atomic mass is 9.53. The standard InChI is InChI=1S/C23H26N2O4/c1-15-22(20(26)27,18-7-3-16(13-24)4-8-18)11-2-12-23(15,21(28)29)19-9-5-17(14-25)6-10-19/h2-11,15H,12-14,24-25H2,1H3,(H,26,27)(H,28,29). The van der Waals surface area contributed by atoms with Gasteiger partial charge in [-0.15, -0.1) is 0 Å². The monoisotopic (exact) mass is 394 g/mol. The van der Waals surface area contributed by atoms with Crippen molar-refractivity contribution in [2.75, 3.05) is 0 Å². The number of hydrogen-bond donors (Lipinski definition) is 4. The molecular formula is C23H26N2O4. The van der Waals surface area contributed by atoms with Gasteiger partial charge < -0.3 is 21.7 Å². The van der Waals surface area contributed by atoms with Crippen molar-refractivity contribution in [2.24, 2.45) is 17.4 Å². The van der Waals surface area contributed by atoms with Gasteiger partial charge in [0.05, 0.1) is 0 Å². The molecule has 0 radical (unpaired) electrons. The molecule has 29 heavy (non-hydrogen) atoms. The Kier molecular flexibility index (Phi) is 5.59. The first-order chi connectivity index (χ1) is 13.8. The molecule has 6 nitrogen and oxygen atoms in total. The van der Waals surface area contributed by atoms with Crippen LogP contribution < -0.4 is 11.5 Å². The van der Waals surface area contributed by atoms with Crippen molar-refractivity contribution in [3.8, 4) is 0 Å². The Labute approximate surface area is 169 Å². The second-order valence-electron chi connectivity index (χ2n) is 7.58. The second-order valence-corrected chi connectivity index (χ2v) is 7.58. The van der Waals surface area contributed by atoms with Gasteiger partial charge in [0.2, 0.25) is 0 Å². The van der Waals surface area contributed by atoms with Gasteiger partial charge in [0.25, 0.3) is 0 Å². The number of rotatable bonds is 6. The molecule has 0 spiro atoms. The molecule has 0 saturated carbocycles. The lowest BCUT2D eigenvalue weighted by Gasteiger charge is -2.47. The molecule has 1 aliphatic rings. The zero-order valence-corrected chi connectivity index (χ0v) is 16.3. The maximum atomic E-state index is 12.6. The van der Waals surface area contributed by atoms with Crippen LogP contribution in [0.4, 0.5) is 0 Å². The Hall–Kier alpha value is -2.96. The number of allylic oxidation sites excluding steroid dienone is 1. The van der Waals surface area contributed by atoms with Crippen LogP contribution in [0.15, 0.2) is 60.7 Å². The van der Waals surface area contributed by atoms with E-state index in [9.17, 15) is 19.8 Å². The first-order valence-corrected chi connectivity index (χ1v) is 9.56. The lowest BCUT2D eigenvalue weighted by molar-refractivity contribution is -0.152. The molecule has 6 heteroatoms. The van der Waals surface area contributed by atoms with Crippen molar-refractivity contribution in [3.05, 3.63) is 82.9 Å². The van der Waals surface area contributed by atoms with Crippen LogP contribution in [0.1, 0.15) is 35.6 Å². The normalized spacial score (nSPS) is 26.2. The third-order valence-corrected chi connectivity index (χ3v) is 6.35. The summed E-state index contributed by atoms with van der Waals surface area (Å²) in [6.45, 7) is 2.40. The molecule has 0 bridgehead atoms. The molecule has 0 aliphatic heterocycles. The third kappa shape index (κ3) is 3.14. The molecule has 6 N–H and O–H groups in total. The summed E-state index contributed by atoms with van der Waals surface area (Å²) in [6, 6.07) is 14.1. The van der Waals surface area contributed by atoms with E-state index in [1.165, 1.54) is 0 Å². The summed E-state index contributed by atoms with van der Waals surface area (Å²) in [6.07, 6.45) is 3.52. The number of carboxylic acids is 2. The summed E-state index contributed by atoms with van der Waals surface area (Å²) in [5.74, 6) is -2.87. The molecular weight excluding hydrogens is 368 g/mol. The maximum Gasteiger partial charge on any atom is 0.318 e. The van der Waals surface area contributed by atoms with Gasteiger partial charge in [0, 0.05) is 19.0 Å². The van der Waals surface area contributed by atoms with Crippen LogP contribution in [-0.2, 0) is 33.5 Å². The maximum absolute atomic E-state index is 12.6. The molecule has 0 heterocycles. The molecule has 0 amide bonds. The van der Waals surface area contributed by atoms with Crippen LogP contribution in [-0.4, -0.2) is 22.2 Å². The fourth-order valence-electron chi connectivity index (χ4n) is 4.49. The van der Waals surface area contributed by atoms with Crippen LogP contribution in [0.3, 0.4) is 0 Å². The van der Waals surface area contributed by atoms with Gasteiger partial charge in [0.1, 0.15) is 10.8 Å². The van der Waals surface area contributed by atoms with Crippen LogP contribution in [0, 0.1) is 5.92 Å². The highest BCUT2D eigenvalue weighted by Gasteiger charge is 2.58. The molecule has 0 fully saturated rings. The summed E-state index contributed by atoms with van der Waals surface area (Å²) >= 11 is 0. The number of carboxylic acid groups (broad SMARTS) is 2. The summed E-state index contributed by atoms with van der Waals surface area (Å²) in [5.41, 5.74) is 11.3. The highest BCUT2D eigenvalue weighted by Crippen LogP contribution is 2.51. The molecule has 3 unspecified atom stereocenters. The van der Waals surface area contributed by atoms with E-state index in [0.717, 1.165) is 11.1 Å². The molecule has 3 atom stereocenters. The van der Waals surface area contributed by atoms with Crippen LogP contribution >= 0.6 is 0 Å². The van der Waals surface area contributed by atoms with Crippen molar-refractivity contribution in [1.82, 2.24) is 0 Å². The predicted octanol–water partition coefficient (Wildman–Crippen LogP) is 2.54. The summed E-state index contributed by atoms with van der Waals surface area (Å²) in [7, 11) is 0. The van der Waals surface area contributed by atoms with Crippen molar-refractivity contribution in [3.63, 3.8) is 0 Å². The Bertz CT molecular complexity index is 936. The fraction of sp³-hybridized carbons (Fsp3) is 0.304. The van der Waals surface area contributed by atoms with Gasteiger partial charge in [-0.1, -0.05) is 67.6 Å². The number of hydrogen-bond acceptors (Lipinski definition) is 4. The molecule has 3 rings (SSSR count). The molecule has 0 aromatic heterocycles. The number of carbonyl (C=O) groups is 2. The molecule has 0 saturated heterocycles. The first-order valence-electron chi connectivity index (χ1n) is 9.56. The Morgan fingerprint density at radius 3 is 1.79 bits per heavy atom. The Morgan fingerprint density at radius 2 is 1.38 bits per heavy atom. The van der Waals surface area contributed by atoms with Gasteiger partial charge >= 0.3 is 11.9 Å². The molecule has 2 aromatic rings. The van der Waals surface area contributed by atoms with E-state index in [0.29, 0.717) is 24.2 Å². The highest BCUT2D eigenvalue weighted by molar-refractivity contribution is 5.90. The average molecular weight is 394 g/mol. The van der Waals surface area contributed by atoms with E-state index in [1.54, 1.807) is 67.6 Å². The zero-order chi connectivity index (χ0) is 21.2. The summed E-state index contributed by atoms with van der Waals surface area (Å²) < 4.78 is 0. The van der Waals surface area contributed by atoms with Crippen LogP contribution in [0.25, 0.3) is 0 Å². The topological polar surface area (TPSA) is 127 Å². The third-order valence-electron chi connectivity index (χ3n) is 6.35. The smallest absolute Gasteiger partial charge is 0.318 e. The highest BCUT2D eigenvalue weighted by atomic mass is 16.4. The van der Waals surface area contributed by atoms with Gasteiger partial charge in [-0.3, -0.25) is 9.59 Å². The summed E-state index contributed by atoms with van der Waals surface area (Å²) in [4.78, 5) is 25.2. The average Bonchev–Trinajstić information content (AvgIpc) is 2.74. The minimum atomic E-state index is -1.48. The van der Waals surface area contributed by atoms with Crippen molar-refractivity contribution in [1.29, 1.82) is 0 Å². The Morgan fingerprint density at radius 1 is 0.897 bits per heavy atom. The number of benzene rings is 2. The minimum Gasteiger partial charge on any atom is -0.481 e. The predicted molar refractivity (Wildman–Crippen MR) is 110 cm³/mol. The van der Waals surface area contributed by atoms with Crippen LogP contribution in [0.5, 0.6) is 0 Å². The molecule has 2 aromatic carbocycles. The lowest BCUT2D eigenvalue weighted by Crippen LogP contribution is -2.55. The SMILES string of the molecule is CC1C(C(=O)O)(c2ccc(CN)cc2)C=CCC1(C(=O)O)c1ccc(CN)cc1. The number of aliphatic carboxylic acids is 2. The van der Waals surface area contributed by atoms with Crippen molar-refractivity contribution in [2.45, 2.75) is 37.3 Å². The second kappa shape index (κ2) is 7.81. The van der Waals surface area contributed by atoms with E-state index < -0.39 is 28.7 Å². The van der Waals surface area contributed by atoms with E-state index in [2.05, 4.69) is 0 Å². The first kappa shape index (κ1) is 20.8. The molecule has 152 valence electrons. The van der Waals surface area contributed by atoms with E-state index >= 15 is 0 Å². The van der Waals surface area contributed by atoms with Crippen LogP contribution in [0.2, 0.25) is 0 Å². The largest absolute Gasteiger partial charge is 0.481 e. The zero-order valence-electron chi connectivity index (χ0n) is 16.3. The van der Waals surface area contributed by atoms with Gasteiger partial charge in [-0.25, -0.2) is 0 Å². The van der Waals surface area contributed by atoms with E-state index in [4.69, 9.17) is 11.5 Å². The fourth-order valence-corrected chi connectivity index (χ4v) is 4.49. The van der Waals surface area contributed by atoms with Gasteiger partial charge in [0.15, 0.2) is 0 Å². The van der Waals surface area contributed by atoms with E-state index in [1.807, 2.05) is 0 Å².